The van der Waals surface area contributed by atoms with Gasteiger partial charge in [-0.3, -0.25) is 24.5 Å². The maximum absolute atomic E-state index is 13.7. The summed E-state index contributed by atoms with van der Waals surface area (Å²) in [6, 6.07) is 8.79. The number of anilines is 1. The Hall–Kier alpha value is -3.48. The fourth-order valence-electron chi connectivity index (χ4n) is 5.63. The Morgan fingerprint density at radius 2 is 1.78 bits per heavy atom. The molecule has 0 aliphatic carbocycles. The number of hydrogen-bond acceptors (Lipinski definition) is 7. The molecule has 3 atom stereocenters. The molecular weight excluding hydrogens is 618 g/mol. The quantitative estimate of drug-likeness (QED) is 0.300. The number of rotatable bonds is 5. The van der Waals surface area contributed by atoms with Gasteiger partial charge in [-0.2, -0.15) is 0 Å². The van der Waals surface area contributed by atoms with Crippen LogP contribution in [0.3, 0.4) is 0 Å². The third kappa shape index (κ3) is 6.24. The van der Waals surface area contributed by atoms with E-state index in [9.17, 15) is 24.5 Å². The zero-order valence-corrected chi connectivity index (χ0v) is 24.8. The number of pyridine rings is 1. The average molecular weight is 647 g/mol. The summed E-state index contributed by atoms with van der Waals surface area (Å²) >= 11 is 9.41. The van der Waals surface area contributed by atoms with Crippen LogP contribution in [0.15, 0.2) is 45.7 Å². The summed E-state index contributed by atoms with van der Waals surface area (Å²) < 4.78 is 6.17. The Morgan fingerprint density at radius 3 is 2.49 bits per heavy atom. The number of morpholine rings is 1. The zero-order chi connectivity index (χ0) is 29.4. The van der Waals surface area contributed by atoms with Crippen molar-refractivity contribution in [2.24, 2.45) is 0 Å². The largest absolute Gasteiger partial charge is 0.374 e. The number of nitrogens with one attached hydrogen (secondary N) is 2. The minimum Gasteiger partial charge on any atom is -0.374 e. The Kier molecular flexibility index (Phi) is 8.35. The predicted octanol–water partition coefficient (Wildman–Crippen LogP) is 4.82. The normalized spacial score (nSPS) is 21.1. The third-order valence-electron chi connectivity index (χ3n) is 7.31. The molecule has 5 rings (SSSR count). The first-order valence-corrected chi connectivity index (χ1v) is 14.5. The second kappa shape index (κ2) is 11.8. The van der Waals surface area contributed by atoms with E-state index in [1.807, 2.05) is 13.8 Å². The summed E-state index contributed by atoms with van der Waals surface area (Å²) in [5.74, 6) is -0.663. The lowest BCUT2D eigenvalue weighted by Crippen LogP contribution is -2.48. The van der Waals surface area contributed by atoms with Crippen LogP contribution in [0.25, 0.3) is 10.9 Å². The van der Waals surface area contributed by atoms with Crippen LogP contribution < -0.4 is 10.9 Å². The number of amides is 2. The van der Waals surface area contributed by atoms with Crippen molar-refractivity contribution in [2.45, 2.75) is 44.9 Å². The first-order chi connectivity index (χ1) is 19.5. The van der Waals surface area contributed by atoms with Gasteiger partial charge in [0.15, 0.2) is 0 Å². The van der Waals surface area contributed by atoms with Crippen molar-refractivity contribution in [3.05, 3.63) is 77.5 Å². The van der Waals surface area contributed by atoms with E-state index < -0.39 is 10.5 Å². The van der Waals surface area contributed by atoms with Crippen molar-refractivity contribution < 1.29 is 19.2 Å². The van der Waals surface area contributed by atoms with Crippen LogP contribution in [0.2, 0.25) is 5.02 Å². The molecule has 0 radical (unpaired) electrons. The van der Waals surface area contributed by atoms with E-state index in [0.717, 1.165) is 0 Å². The summed E-state index contributed by atoms with van der Waals surface area (Å²) in [6.07, 6.45) is 0.915. The number of fused-ring (bicyclic) bond motifs is 1. The smallest absolute Gasteiger partial charge is 0.294 e. The van der Waals surface area contributed by atoms with Crippen LogP contribution in [0.1, 0.15) is 47.4 Å². The lowest BCUT2D eigenvalue weighted by Gasteiger charge is -2.36. The van der Waals surface area contributed by atoms with Gasteiger partial charge in [0.2, 0.25) is 5.56 Å². The molecular formula is C28H29BrClN5O6. The molecule has 0 saturated carbocycles. The van der Waals surface area contributed by atoms with Crippen LogP contribution in [-0.2, 0) is 4.74 Å². The molecule has 13 heteroatoms. The standard InChI is InChI=1S/C28H29BrClN5O6/c1-15-12-34(13-16(2)41-15)28(38)22-8-17(29)9-24(35(39)40)26(22)31-19-4-3-7-33(14-19)27(37)21-11-25(36)32-23-10-18(30)5-6-20(21)23/h5-6,8-11,15-16,19,31H,3-4,7,12-14H2,1-2H3,(H,32,36)/t15-,16+,19-/m1/s1. The van der Waals surface area contributed by atoms with Gasteiger partial charge in [-0.25, -0.2) is 0 Å². The topological polar surface area (TPSA) is 138 Å². The number of aromatic nitrogens is 1. The van der Waals surface area contributed by atoms with Gasteiger partial charge in [0.25, 0.3) is 17.5 Å². The van der Waals surface area contributed by atoms with Crippen molar-refractivity contribution in [1.29, 1.82) is 0 Å². The van der Waals surface area contributed by atoms with Crippen molar-refractivity contribution >= 4 is 61.6 Å². The highest BCUT2D eigenvalue weighted by Crippen LogP contribution is 2.35. The molecule has 2 aliphatic rings. The Balaban J connectivity index is 1.44. The van der Waals surface area contributed by atoms with Gasteiger partial charge in [-0.15, -0.1) is 0 Å². The maximum Gasteiger partial charge on any atom is 0.294 e. The highest BCUT2D eigenvalue weighted by Gasteiger charge is 2.33. The first-order valence-electron chi connectivity index (χ1n) is 13.3. The second-order valence-corrected chi connectivity index (χ2v) is 11.9. The molecule has 2 N–H and O–H groups in total. The summed E-state index contributed by atoms with van der Waals surface area (Å²) in [6.45, 7) is 5.17. The predicted molar refractivity (Wildman–Crippen MR) is 159 cm³/mol. The number of ether oxygens (including phenoxy) is 1. The Bertz CT molecular complexity index is 1590. The number of likely N-dealkylation sites (tertiary alicyclic amines) is 1. The van der Waals surface area contributed by atoms with E-state index in [1.165, 1.54) is 12.1 Å². The zero-order valence-electron chi connectivity index (χ0n) is 22.5. The number of H-pyrrole nitrogens is 1. The molecule has 2 amide bonds. The van der Waals surface area contributed by atoms with E-state index >= 15 is 0 Å². The van der Waals surface area contributed by atoms with Gasteiger partial charge >= 0.3 is 0 Å². The van der Waals surface area contributed by atoms with Crippen LogP contribution in [0, 0.1) is 10.1 Å². The van der Waals surface area contributed by atoms with Gasteiger partial charge < -0.3 is 24.8 Å². The van der Waals surface area contributed by atoms with E-state index in [0.29, 0.717) is 52.9 Å². The highest BCUT2D eigenvalue weighted by molar-refractivity contribution is 9.10. The lowest BCUT2D eigenvalue weighted by atomic mass is 10.0. The highest BCUT2D eigenvalue weighted by atomic mass is 79.9. The lowest BCUT2D eigenvalue weighted by molar-refractivity contribution is -0.384. The fraction of sp³-hybridized carbons (Fsp3) is 0.393. The number of hydrogen-bond donors (Lipinski definition) is 2. The number of carbonyl (C=O) groups excluding carboxylic acids is 2. The second-order valence-electron chi connectivity index (χ2n) is 10.5. The molecule has 0 unspecified atom stereocenters. The van der Waals surface area contributed by atoms with Gasteiger partial charge in [-0.1, -0.05) is 33.6 Å². The molecule has 11 nitrogen and oxygen atoms in total. The van der Waals surface area contributed by atoms with Crippen LogP contribution in [-0.4, -0.2) is 76.0 Å². The number of piperidine rings is 1. The summed E-state index contributed by atoms with van der Waals surface area (Å²) in [7, 11) is 0. The average Bonchev–Trinajstić information content (AvgIpc) is 2.91. The monoisotopic (exact) mass is 645 g/mol. The van der Waals surface area contributed by atoms with E-state index in [-0.39, 0.29) is 59.1 Å². The fourth-order valence-corrected chi connectivity index (χ4v) is 6.25. The SMILES string of the molecule is C[C@@H]1CN(C(=O)c2cc(Br)cc([N+](=O)[O-])c2N[C@@H]2CCCN(C(=O)c3cc(=O)[nH]c4cc(Cl)ccc34)C2)C[C@H](C)O1. The minimum atomic E-state index is -0.520. The molecule has 41 heavy (non-hydrogen) atoms. The number of halogens is 2. The molecule has 2 aromatic carbocycles. The summed E-state index contributed by atoms with van der Waals surface area (Å²) in [4.78, 5) is 57.2. The summed E-state index contributed by atoms with van der Waals surface area (Å²) in [5, 5.41) is 16.3. The van der Waals surface area contributed by atoms with Crippen LogP contribution in [0.5, 0.6) is 0 Å². The summed E-state index contributed by atoms with van der Waals surface area (Å²) in [5.41, 5.74) is 0.342. The van der Waals surface area contributed by atoms with Gasteiger partial charge in [0.1, 0.15) is 5.69 Å². The van der Waals surface area contributed by atoms with Crippen LogP contribution >= 0.6 is 27.5 Å². The Morgan fingerprint density at radius 1 is 1.07 bits per heavy atom. The molecule has 1 aromatic heterocycles. The molecule has 3 heterocycles. The van der Waals surface area contributed by atoms with E-state index in [1.54, 1.807) is 34.1 Å². The van der Waals surface area contributed by atoms with Gasteiger partial charge in [0, 0.05) is 59.2 Å². The molecule has 216 valence electrons. The number of carbonyl (C=O) groups is 2. The molecule has 2 aliphatic heterocycles. The van der Waals surface area contributed by atoms with Crippen molar-refractivity contribution in [1.82, 2.24) is 14.8 Å². The van der Waals surface area contributed by atoms with Crippen molar-refractivity contribution in [2.75, 3.05) is 31.5 Å². The minimum absolute atomic E-state index is 0.116. The number of aromatic amines is 1. The molecule has 0 spiro atoms. The molecule has 3 aromatic rings. The molecule has 0 bridgehead atoms. The number of nitro benzene ring substituents is 1. The third-order valence-corrected chi connectivity index (χ3v) is 8.00. The van der Waals surface area contributed by atoms with Crippen molar-refractivity contribution in [3.8, 4) is 0 Å². The Labute approximate surface area is 249 Å². The number of benzene rings is 2. The van der Waals surface area contributed by atoms with E-state index in [2.05, 4.69) is 26.2 Å². The number of nitrogens with zero attached hydrogens (tertiary/aromatic N) is 3. The molecule has 2 fully saturated rings. The van der Waals surface area contributed by atoms with E-state index in [4.69, 9.17) is 16.3 Å². The van der Waals surface area contributed by atoms with Gasteiger partial charge in [0.05, 0.1) is 33.8 Å². The van der Waals surface area contributed by atoms with Gasteiger partial charge in [-0.05, 0) is 44.9 Å². The molecule has 2 saturated heterocycles. The van der Waals surface area contributed by atoms with Crippen LogP contribution in [0.4, 0.5) is 11.4 Å². The first kappa shape index (κ1) is 29.0. The maximum atomic E-state index is 13.7. The van der Waals surface area contributed by atoms with Crippen molar-refractivity contribution in [3.63, 3.8) is 0 Å². The number of nitro groups is 1.